The largest absolute Gasteiger partial charge is 0.490 e. The summed E-state index contributed by atoms with van der Waals surface area (Å²) in [5.41, 5.74) is -0.904. The fourth-order valence-corrected chi connectivity index (χ4v) is 2.48. The lowest BCUT2D eigenvalue weighted by Gasteiger charge is -2.34. The summed E-state index contributed by atoms with van der Waals surface area (Å²) in [5.74, 6) is 0.314. The zero-order valence-electron chi connectivity index (χ0n) is 11.1. The maximum Gasteiger partial charge on any atom is 0.132 e. The van der Waals surface area contributed by atoms with Gasteiger partial charge in [-0.3, -0.25) is 4.79 Å². The molecule has 0 amide bonds. The molecule has 1 saturated carbocycles. The van der Waals surface area contributed by atoms with Crippen molar-refractivity contribution < 1.29 is 19.0 Å². The zero-order valence-corrected chi connectivity index (χ0v) is 11.1. The number of ether oxygens (including phenoxy) is 1. The van der Waals surface area contributed by atoms with E-state index < -0.39 is 5.60 Å². The first-order valence-corrected chi connectivity index (χ1v) is 6.60. The van der Waals surface area contributed by atoms with Gasteiger partial charge in [-0.2, -0.15) is 0 Å². The quantitative estimate of drug-likeness (QED) is 0.911. The van der Waals surface area contributed by atoms with Crippen LogP contribution in [0.4, 0.5) is 4.39 Å². The van der Waals surface area contributed by atoms with Crippen molar-refractivity contribution in [1.82, 2.24) is 0 Å². The highest BCUT2D eigenvalue weighted by atomic mass is 19.1. The van der Waals surface area contributed by atoms with Gasteiger partial charge in [0.2, 0.25) is 0 Å². The first kappa shape index (κ1) is 14.0. The first-order chi connectivity index (χ1) is 8.98. The fourth-order valence-electron chi connectivity index (χ4n) is 2.48. The van der Waals surface area contributed by atoms with Crippen LogP contribution in [0.2, 0.25) is 0 Å². The van der Waals surface area contributed by atoms with Crippen LogP contribution in [0.3, 0.4) is 0 Å². The number of hydrogen-bond acceptors (Lipinski definition) is 3. The van der Waals surface area contributed by atoms with Crippen LogP contribution in [0.1, 0.15) is 32.6 Å². The van der Waals surface area contributed by atoms with E-state index in [1.165, 1.54) is 12.1 Å². The lowest BCUT2D eigenvalue weighted by molar-refractivity contribution is -0.124. The van der Waals surface area contributed by atoms with Crippen LogP contribution in [-0.4, -0.2) is 23.1 Å². The minimum Gasteiger partial charge on any atom is -0.490 e. The predicted molar refractivity (Wildman–Crippen MR) is 69.5 cm³/mol. The summed E-state index contributed by atoms with van der Waals surface area (Å²) < 4.78 is 18.4. The molecule has 1 aliphatic carbocycles. The van der Waals surface area contributed by atoms with Crippen LogP contribution in [-0.2, 0) is 4.79 Å². The highest BCUT2D eigenvalue weighted by molar-refractivity contribution is 5.78. The highest BCUT2D eigenvalue weighted by Crippen LogP contribution is 2.33. The highest BCUT2D eigenvalue weighted by Gasteiger charge is 2.35. The Morgan fingerprint density at radius 3 is 2.74 bits per heavy atom. The molecular formula is C15H19FO3. The second-order valence-electron chi connectivity index (χ2n) is 5.36. The van der Waals surface area contributed by atoms with Gasteiger partial charge in [-0.1, -0.05) is 6.07 Å². The lowest BCUT2D eigenvalue weighted by atomic mass is 9.78. The van der Waals surface area contributed by atoms with Gasteiger partial charge in [-0.15, -0.1) is 0 Å². The molecule has 0 bridgehead atoms. The third-order valence-corrected chi connectivity index (χ3v) is 3.79. The monoisotopic (exact) mass is 266 g/mol. The van der Waals surface area contributed by atoms with E-state index in [4.69, 9.17) is 4.74 Å². The molecule has 3 nitrogen and oxygen atoms in total. The summed E-state index contributed by atoms with van der Waals surface area (Å²) in [6.45, 7) is 1.74. The van der Waals surface area contributed by atoms with Crippen molar-refractivity contribution >= 4 is 5.78 Å². The standard InChI is InChI=1S/C15H19FO3/c1-11(17)12-5-7-15(18,8-6-12)10-19-14-4-2-3-13(16)9-14/h2-4,9,12,18H,5-8,10H2,1H3. The van der Waals surface area contributed by atoms with Crippen LogP contribution in [0.25, 0.3) is 0 Å². The van der Waals surface area contributed by atoms with Crippen LogP contribution in [0.5, 0.6) is 5.75 Å². The van der Waals surface area contributed by atoms with Crippen molar-refractivity contribution in [2.75, 3.05) is 6.61 Å². The molecule has 19 heavy (non-hydrogen) atoms. The van der Waals surface area contributed by atoms with E-state index in [9.17, 15) is 14.3 Å². The summed E-state index contributed by atoms with van der Waals surface area (Å²) in [6, 6.07) is 5.87. The van der Waals surface area contributed by atoms with E-state index in [-0.39, 0.29) is 24.1 Å². The van der Waals surface area contributed by atoms with E-state index in [1.54, 1.807) is 19.1 Å². The number of benzene rings is 1. The topological polar surface area (TPSA) is 46.5 Å². The smallest absolute Gasteiger partial charge is 0.132 e. The zero-order chi connectivity index (χ0) is 13.9. The predicted octanol–water partition coefficient (Wildman–Crippen LogP) is 2.71. The molecule has 1 aromatic rings. The summed E-state index contributed by atoms with van der Waals surface area (Å²) in [7, 11) is 0. The molecule has 2 rings (SSSR count). The average Bonchev–Trinajstić information content (AvgIpc) is 2.37. The van der Waals surface area contributed by atoms with Gasteiger partial charge in [0.15, 0.2) is 0 Å². The number of halogens is 1. The minimum atomic E-state index is -0.904. The molecule has 0 spiro atoms. The molecule has 0 heterocycles. The van der Waals surface area contributed by atoms with E-state index in [1.807, 2.05) is 0 Å². The Hall–Kier alpha value is -1.42. The third kappa shape index (κ3) is 3.77. The van der Waals surface area contributed by atoms with Gasteiger partial charge in [0.25, 0.3) is 0 Å². The van der Waals surface area contributed by atoms with Gasteiger partial charge in [0.1, 0.15) is 24.0 Å². The Morgan fingerprint density at radius 2 is 2.16 bits per heavy atom. The maximum atomic E-state index is 13.0. The van der Waals surface area contributed by atoms with Gasteiger partial charge >= 0.3 is 0 Å². The number of carbonyl (C=O) groups is 1. The van der Waals surface area contributed by atoms with Crippen LogP contribution < -0.4 is 4.74 Å². The van der Waals surface area contributed by atoms with E-state index in [2.05, 4.69) is 0 Å². The van der Waals surface area contributed by atoms with E-state index >= 15 is 0 Å². The third-order valence-electron chi connectivity index (χ3n) is 3.79. The molecule has 0 atom stereocenters. The second-order valence-corrected chi connectivity index (χ2v) is 5.36. The van der Waals surface area contributed by atoms with Gasteiger partial charge in [-0.25, -0.2) is 4.39 Å². The van der Waals surface area contributed by atoms with E-state index in [0.717, 1.165) is 0 Å². The van der Waals surface area contributed by atoms with E-state index in [0.29, 0.717) is 31.4 Å². The number of carbonyl (C=O) groups excluding carboxylic acids is 1. The summed E-state index contributed by atoms with van der Waals surface area (Å²) >= 11 is 0. The molecule has 0 aromatic heterocycles. The number of aliphatic hydroxyl groups is 1. The van der Waals surface area contributed by atoms with Crippen LogP contribution in [0.15, 0.2) is 24.3 Å². The Morgan fingerprint density at radius 1 is 1.47 bits per heavy atom. The second kappa shape index (κ2) is 5.70. The average molecular weight is 266 g/mol. The molecular weight excluding hydrogens is 247 g/mol. The number of Topliss-reactive ketones (excluding diaryl/α,β-unsaturated/α-hetero) is 1. The fraction of sp³-hybridized carbons (Fsp3) is 0.533. The minimum absolute atomic E-state index is 0.0643. The maximum absolute atomic E-state index is 13.0. The molecule has 1 aromatic carbocycles. The summed E-state index contributed by atoms with van der Waals surface area (Å²) in [4.78, 5) is 11.3. The van der Waals surface area contributed by atoms with Gasteiger partial charge in [0.05, 0.1) is 5.60 Å². The van der Waals surface area contributed by atoms with Crippen molar-refractivity contribution in [3.63, 3.8) is 0 Å². The Bertz CT molecular complexity index is 450. The Balaban J connectivity index is 1.88. The number of rotatable bonds is 4. The molecule has 0 radical (unpaired) electrons. The Labute approximate surface area is 112 Å². The number of ketones is 1. The lowest BCUT2D eigenvalue weighted by Crippen LogP contribution is -2.40. The van der Waals surface area contributed by atoms with Crippen molar-refractivity contribution in [3.05, 3.63) is 30.1 Å². The Kier molecular flexibility index (Phi) is 4.20. The molecule has 1 fully saturated rings. The van der Waals surface area contributed by atoms with Crippen LogP contribution >= 0.6 is 0 Å². The SMILES string of the molecule is CC(=O)C1CCC(O)(COc2cccc(F)c2)CC1. The first-order valence-electron chi connectivity index (χ1n) is 6.60. The number of hydrogen-bond donors (Lipinski definition) is 1. The van der Waals surface area contributed by atoms with Gasteiger partial charge in [-0.05, 0) is 44.7 Å². The van der Waals surface area contributed by atoms with Crippen molar-refractivity contribution in [2.24, 2.45) is 5.92 Å². The molecule has 1 N–H and O–H groups in total. The summed E-state index contributed by atoms with van der Waals surface area (Å²) in [5, 5.41) is 10.4. The molecule has 4 heteroatoms. The molecule has 0 saturated heterocycles. The van der Waals surface area contributed by atoms with Crippen molar-refractivity contribution in [3.8, 4) is 5.75 Å². The summed E-state index contributed by atoms with van der Waals surface area (Å²) in [6.07, 6.45) is 2.48. The van der Waals surface area contributed by atoms with Gasteiger partial charge in [0, 0.05) is 12.0 Å². The van der Waals surface area contributed by atoms with Crippen LogP contribution in [0, 0.1) is 11.7 Å². The molecule has 1 aliphatic rings. The van der Waals surface area contributed by atoms with Crippen molar-refractivity contribution in [1.29, 1.82) is 0 Å². The molecule has 104 valence electrons. The van der Waals surface area contributed by atoms with Crippen molar-refractivity contribution in [2.45, 2.75) is 38.2 Å². The molecule has 0 unspecified atom stereocenters. The normalized spacial score (nSPS) is 27.0. The van der Waals surface area contributed by atoms with Gasteiger partial charge < -0.3 is 9.84 Å². The molecule has 0 aliphatic heterocycles.